The summed E-state index contributed by atoms with van der Waals surface area (Å²) in [6, 6.07) is 5.21. The standard InChI is InChI=1S/C18H21ClF3N3O2/c19-13-4-5-15(24-6-2-1-3-7-24)14(9-13)23-17(27)12-8-16(26)25(10-12)11-18(20,21)22/h4-5,9,12H,1-3,6-8,10-11H2,(H,23,27). The van der Waals surface area contributed by atoms with Crippen molar-refractivity contribution in [2.45, 2.75) is 31.9 Å². The van der Waals surface area contributed by atoms with E-state index in [9.17, 15) is 22.8 Å². The van der Waals surface area contributed by atoms with E-state index in [4.69, 9.17) is 11.6 Å². The Balaban J connectivity index is 1.71. The van der Waals surface area contributed by atoms with Crippen LogP contribution in [0.5, 0.6) is 0 Å². The molecule has 5 nitrogen and oxygen atoms in total. The Bertz CT molecular complexity index is 720. The Morgan fingerprint density at radius 1 is 1.22 bits per heavy atom. The lowest BCUT2D eigenvalue weighted by atomic mass is 10.1. The van der Waals surface area contributed by atoms with Gasteiger partial charge in [-0.3, -0.25) is 9.59 Å². The maximum absolute atomic E-state index is 12.6. The van der Waals surface area contributed by atoms with Gasteiger partial charge in [-0.1, -0.05) is 11.6 Å². The number of benzene rings is 1. The Labute approximate surface area is 160 Å². The zero-order chi connectivity index (χ0) is 19.6. The van der Waals surface area contributed by atoms with Crippen molar-refractivity contribution < 1.29 is 22.8 Å². The van der Waals surface area contributed by atoms with Crippen molar-refractivity contribution in [1.82, 2.24) is 4.90 Å². The van der Waals surface area contributed by atoms with Crippen LogP contribution in [-0.4, -0.2) is 49.1 Å². The van der Waals surface area contributed by atoms with Crippen LogP contribution in [0.25, 0.3) is 0 Å². The van der Waals surface area contributed by atoms with Crippen molar-refractivity contribution in [2.75, 3.05) is 36.4 Å². The highest BCUT2D eigenvalue weighted by molar-refractivity contribution is 6.31. The van der Waals surface area contributed by atoms with E-state index in [0.29, 0.717) is 15.6 Å². The average Bonchev–Trinajstić information content (AvgIpc) is 2.95. The van der Waals surface area contributed by atoms with E-state index in [1.807, 2.05) is 6.07 Å². The molecule has 1 unspecified atom stereocenters. The van der Waals surface area contributed by atoms with Gasteiger partial charge in [-0.2, -0.15) is 13.2 Å². The molecule has 0 aromatic heterocycles. The topological polar surface area (TPSA) is 52.7 Å². The molecule has 2 heterocycles. The maximum Gasteiger partial charge on any atom is 0.406 e. The van der Waals surface area contributed by atoms with Crippen LogP contribution < -0.4 is 10.2 Å². The molecule has 0 radical (unpaired) electrons. The number of likely N-dealkylation sites (tertiary alicyclic amines) is 1. The second kappa shape index (κ2) is 7.96. The fourth-order valence-corrected chi connectivity index (χ4v) is 3.74. The molecule has 0 bridgehead atoms. The van der Waals surface area contributed by atoms with Gasteiger partial charge in [0.05, 0.1) is 17.3 Å². The number of anilines is 2. The molecule has 9 heteroatoms. The third-order valence-corrected chi connectivity index (χ3v) is 5.10. The summed E-state index contributed by atoms with van der Waals surface area (Å²) in [5.74, 6) is -1.93. The minimum Gasteiger partial charge on any atom is -0.370 e. The van der Waals surface area contributed by atoms with E-state index in [2.05, 4.69) is 10.2 Å². The van der Waals surface area contributed by atoms with Gasteiger partial charge in [-0.25, -0.2) is 0 Å². The number of hydrogen-bond acceptors (Lipinski definition) is 3. The lowest BCUT2D eigenvalue weighted by Gasteiger charge is -2.31. The van der Waals surface area contributed by atoms with Crippen molar-refractivity contribution in [3.05, 3.63) is 23.2 Å². The fourth-order valence-electron chi connectivity index (χ4n) is 3.57. The first-order valence-electron chi connectivity index (χ1n) is 8.93. The van der Waals surface area contributed by atoms with Gasteiger partial charge in [0.2, 0.25) is 11.8 Å². The minimum atomic E-state index is -4.48. The maximum atomic E-state index is 12.6. The molecule has 0 saturated carbocycles. The zero-order valence-corrected chi connectivity index (χ0v) is 15.4. The summed E-state index contributed by atoms with van der Waals surface area (Å²) in [4.78, 5) is 27.2. The summed E-state index contributed by atoms with van der Waals surface area (Å²) in [5.41, 5.74) is 1.36. The molecule has 27 heavy (non-hydrogen) atoms. The van der Waals surface area contributed by atoms with Gasteiger partial charge in [0, 0.05) is 31.1 Å². The van der Waals surface area contributed by atoms with Gasteiger partial charge < -0.3 is 15.1 Å². The quantitative estimate of drug-likeness (QED) is 0.834. The number of carbonyl (C=O) groups excluding carboxylic acids is 2. The van der Waals surface area contributed by atoms with E-state index in [-0.39, 0.29) is 13.0 Å². The SMILES string of the molecule is O=C(Nc1cc(Cl)ccc1N1CCCCC1)C1CC(=O)N(CC(F)(F)F)C1. The molecule has 2 fully saturated rings. The van der Waals surface area contributed by atoms with Gasteiger partial charge in [0.25, 0.3) is 0 Å². The van der Waals surface area contributed by atoms with Crippen LogP contribution in [0.1, 0.15) is 25.7 Å². The highest BCUT2D eigenvalue weighted by Gasteiger charge is 2.40. The molecule has 148 valence electrons. The molecular formula is C18H21ClF3N3O2. The van der Waals surface area contributed by atoms with Gasteiger partial charge >= 0.3 is 6.18 Å². The first kappa shape index (κ1) is 19.8. The number of hydrogen-bond donors (Lipinski definition) is 1. The predicted octanol–water partition coefficient (Wildman–Crippen LogP) is 3.68. The number of amides is 2. The Kier molecular flexibility index (Phi) is 5.83. The Hall–Kier alpha value is -1.96. The number of carbonyl (C=O) groups is 2. The predicted molar refractivity (Wildman–Crippen MR) is 96.9 cm³/mol. The molecular weight excluding hydrogens is 383 g/mol. The van der Waals surface area contributed by atoms with E-state index < -0.39 is 30.5 Å². The lowest BCUT2D eigenvalue weighted by Crippen LogP contribution is -2.36. The molecule has 0 aliphatic carbocycles. The molecule has 2 saturated heterocycles. The van der Waals surface area contributed by atoms with Crippen molar-refractivity contribution in [1.29, 1.82) is 0 Å². The van der Waals surface area contributed by atoms with E-state index in [0.717, 1.165) is 38.0 Å². The van der Waals surface area contributed by atoms with E-state index >= 15 is 0 Å². The van der Waals surface area contributed by atoms with E-state index in [1.165, 1.54) is 0 Å². The molecule has 2 aliphatic heterocycles. The summed E-state index contributed by atoms with van der Waals surface area (Å²) in [6.45, 7) is 0.174. The normalized spacial score (nSPS) is 20.9. The molecule has 1 atom stereocenters. The van der Waals surface area contributed by atoms with Crippen LogP contribution in [0, 0.1) is 5.92 Å². The Morgan fingerprint density at radius 3 is 2.59 bits per heavy atom. The highest BCUT2D eigenvalue weighted by Crippen LogP contribution is 2.32. The third-order valence-electron chi connectivity index (χ3n) is 4.87. The van der Waals surface area contributed by atoms with E-state index in [1.54, 1.807) is 12.1 Å². The van der Waals surface area contributed by atoms with Gasteiger partial charge in [0.15, 0.2) is 0 Å². The highest BCUT2D eigenvalue weighted by atomic mass is 35.5. The number of halogens is 4. The number of rotatable bonds is 4. The van der Waals surface area contributed by atoms with Crippen LogP contribution >= 0.6 is 11.6 Å². The molecule has 2 amide bonds. The summed E-state index contributed by atoms with van der Waals surface area (Å²) in [6.07, 6.45) is -1.43. The van der Waals surface area contributed by atoms with Crippen LogP contribution in [0.15, 0.2) is 18.2 Å². The van der Waals surface area contributed by atoms with Crippen molar-refractivity contribution >= 4 is 34.8 Å². The number of alkyl halides is 3. The van der Waals surface area contributed by atoms with Crippen molar-refractivity contribution in [2.24, 2.45) is 5.92 Å². The summed E-state index contributed by atoms with van der Waals surface area (Å²) in [5, 5.41) is 3.22. The lowest BCUT2D eigenvalue weighted by molar-refractivity contribution is -0.157. The largest absolute Gasteiger partial charge is 0.406 e. The van der Waals surface area contributed by atoms with Crippen molar-refractivity contribution in [3.63, 3.8) is 0 Å². The summed E-state index contributed by atoms with van der Waals surface area (Å²) < 4.78 is 37.6. The van der Waals surface area contributed by atoms with Crippen LogP contribution in [-0.2, 0) is 9.59 Å². The summed E-state index contributed by atoms with van der Waals surface area (Å²) in [7, 11) is 0. The van der Waals surface area contributed by atoms with Crippen LogP contribution in [0.4, 0.5) is 24.5 Å². The second-order valence-corrected chi connectivity index (χ2v) is 7.43. The molecule has 1 aromatic carbocycles. The molecule has 1 N–H and O–H groups in total. The fraction of sp³-hybridized carbons (Fsp3) is 0.556. The number of nitrogens with one attached hydrogen (secondary N) is 1. The Morgan fingerprint density at radius 2 is 1.93 bits per heavy atom. The number of nitrogens with zero attached hydrogens (tertiary/aromatic N) is 2. The zero-order valence-electron chi connectivity index (χ0n) is 14.7. The molecule has 1 aromatic rings. The first-order chi connectivity index (χ1) is 12.7. The van der Waals surface area contributed by atoms with Gasteiger partial charge in [-0.15, -0.1) is 0 Å². The minimum absolute atomic E-state index is 0.221. The average molecular weight is 404 g/mol. The molecule has 0 spiro atoms. The van der Waals surface area contributed by atoms with Crippen LogP contribution in [0.3, 0.4) is 0 Å². The summed E-state index contributed by atoms with van der Waals surface area (Å²) >= 11 is 6.06. The second-order valence-electron chi connectivity index (χ2n) is 6.99. The first-order valence-corrected chi connectivity index (χ1v) is 9.30. The monoisotopic (exact) mass is 403 g/mol. The van der Waals surface area contributed by atoms with Gasteiger partial charge in [-0.05, 0) is 37.5 Å². The third kappa shape index (κ3) is 5.06. The number of piperidine rings is 1. The molecule has 3 rings (SSSR count). The van der Waals surface area contributed by atoms with Crippen molar-refractivity contribution in [3.8, 4) is 0 Å². The smallest absolute Gasteiger partial charge is 0.370 e. The van der Waals surface area contributed by atoms with Gasteiger partial charge in [0.1, 0.15) is 6.54 Å². The molecule has 2 aliphatic rings. The van der Waals surface area contributed by atoms with Crippen LogP contribution in [0.2, 0.25) is 5.02 Å².